The van der Waals surface area contributed by atoms with Gasteiger partial charge in [0.15, 0.2) is 0 Å². The second kappa shape index (κ2) is 7.52. The Bertz CT molecular complexity index is 562. The lowest BCUT2D eigenvalue weighted by molar-refractivity contribution is -0.170. The summed E-state index contributed by atoms with van der Waals surface area (Å²) in [6.07, 6.45) is 8.97. The van der Waals surface area contributed by atoms with Crippen LogP contribution in [-0.4, -0.2) is 18.6 Å². The van der Waals surface area contributed by atoms with Crippen molar-refractivity contribution < 1.29 is 9.53 Å². The Balaban J connectivity index is 1.76. The number of allylic oxidation sites excluding steroid dienone is 1. The number of benzene rings is 1. The molecule has 0 amide bonds. The van der Waals surface area contributed by atoms with Gasteiger partial charge in [-0.15, -0.1) is 6.58 Å². The third-order valence-corrected chi connectivity index (χ3v) is 6.02. The van der Waals surface area contributed by atoms with Gasteiger partial charge in [-0.25, -0.2) is 0 Å². The predicted octanol–water partition coefficient (Wildman–Crippen LogP) is 3.97. The second-order valence-electron chi connectivity index (χ2n) is 7.33. The lowest BCUT2D eigenvalue weighted by Gasteiger charge is -2.45. The summed E-state index contributed by atoms with van der Waals surface area (Å²) < 4.78 is 6.04. The van der Waals surface area contributed by atoms with Gasteiger partial charge < -0.3 is 10.5 Å². The number of esters is 1. The van der Waals surface area contributed by atoms with Gasteiger partial charge in [0.05, 0.1) is 5.41 Å². The van der Waals surface area contributed by atoms with Gasteiger partial charge in [0, 0.05) is 5.92 Å². The van der Waals surface area contributed by atoms with Gasteiger partial charge in [-0.1, -0.05) is 55.7 Å². The maximum absolute atomic E-state index is 13.2. The lowest BCUT2D eigenvalue weighted by Crippen LogP contribution is -2.48. The van der Waals surface area contributed by atoms with Crippen LogP contribution < -0.4 is 5.73 Å². The average Bonchev–Trinajstić information content (AvgIpc) is 2.64. The molecule has 0 aromatic heterocycles. The van der Waals surface area contributed by atoms with Gasteiger partial charge in [-0.3, -0.25) is 4.79 Å². The van der Waals surface area contributed by atoms with Gasteiger partial charge in [0.2, 0.25) is 0 Å². The number of nitrogens with two attached hydrogens (primary N) is 1. The van der Waals surface area contributed by atoms with Gasteiger partial charge in [0.1, 0.15) is 6.10 Å². The predicted molar refractivity (Wildman–Crippen MR) is 96.6 cm³/mol. The summed E-state index contributed by atoms with van der Waals surface area (Å²) in [7, 11) is 0. The molecule has 2 saturated carbocycles. The highest BCUT2D eigenvalue weighted by atomic mass is 16.5. The van der Waals surface area contributed by atoms with Crippen LogP contribution in [0.3, 0.4) is 0 Å². The lowest BCUT2D eigenvalue weighted by atomic mass is 9.67. The van der Waals surface area contributed by atoms with Crippen LogP contribution >= 0.6 is 0 Å². The van der Waals surface area contributed by atoms with Crippen LogP contribution in [0.5, 0.6) is 0 Å². The summed E-state index contributed by atoms with van der Waals surface area (Å²) in [6, 6.07) is 10.2. The zero-order valence-corrected chi connectivity index (χ0v) is 14.5. The Morgan fingerprint density at radius 1 is 1.25 bits per heavy atom. The Hall–Kier alpha value is -1.61. The summed E-state index contributed by atoms with van der Waals surface area (Å²) >= 11 is 0. The molecule has 1 aromatic rings. The first-order valence-corrected chi connectivity index (χ1v) is 9.30. The Labute approximate surface area is 145 Å². The molecule has 0 radical (unpaired) electrons. The van der Waals surface area contributed by atoms with E-state index in [1.165, 1.54) is 6.42 Å². The van der Waals surface area contributed by atoms with Crippen molar-refractivity contribution in [3.05, 3.63) is 48.6 Å². The number of hydrogen-bond donors (Lipinski definition) is 1. The zero-order chi connectivity index (χ0) is 17.0. The monoisotopic (exact) mass is 327 g/mol. The standard InChI is InChI=1S/C21H29NO2/c1-2-16-15-19(18(16)11-14-22)24-20(23)21(12-7-4-8-13-21)17-9-5-3-6-10-17/h2-3,5-6,9-10,16,18-19H,1,4,7-8,11-15,22H2/t16?,18?,19-/m0/s1. The smallest absolute Gasteiger partial charge is 0.316 e. The van der Waals surface area contributed by atoms with Gasteiger partial charge in [-0.05, 0) is 43.7 Å². The molecule has 2 aliphatic carbocycles. The van der Waals surface area contributed by atoms with E-state index in [1.54, 1.807) is 0 Å². The van der Waals surface area contributed by atoms with Crippen LogP contribution in [0.25, 0.3) is 0 Å². The van der Waals surface area contributed by atoms with Gasteiger partial charge in [0.25, 0.3) is 0 Å². The highest BCUT2D eigenvalue weighted by molar-refractivity contribution is 5.83. The van der Waals surface area contributed by atoms with E-state index in [2.05, 4.69) is 18.7 Å². The number of carbonyl (C=O) groups excluding carboxylic acids is 1. The summed E-state index contributed by atoms with van der Waals surface area (Å²) in [5.74, 6) is 0.751. The van der Waals surface area contributed by atoms with Crippen molar-refractivity contribution in [3.8, 4) is 0 Å². The quantitative estimate of drug-likeness (QED) is 0.635. The minimum Gasteiger partial charge on any atom is -0.461 e. The van der Waals surface area contributed by atoms with Crippen LogP contribution in [0, 0.1) is 11.8 Å². The summed E-state index contributed by atoms with van der Waals surface area (Å²) in [6.45, 7) is 4.53. The highest BCUT2D eigenvalue weighted by Gasteiger charge is 2.47. The number of carbonyl (C=O) groups is 1. The second-order valence-corrected chi connectivity index (χ2v) is 7.33. The van der Waals surface area contributed by atoms with E-state index in [9.17, 15) is 4.79 Å². The van der Waals surface area contributed by atoms with Crippen LogP contribution in [0.1, 0.15) is 50.5 Å². The van der Waals surface area contributed by atoms with E-state index in [0.29, 0.717) is 18.4 Å². The Kier molecular flexibility index (Phi) is 5.40. The van der Waals surface area contributed by atoms with Crippen molar-refractivity contribution in [2.45, 2.75) is 56.5 Å². The minimum atomic E-state index is -0.452. The first-order chi connectivity index (χ1) is 11.7. The third kappa shape index (κ3) is 3.14. The van der Waals surface area contributed by atoms with Crippen LogP contribution in [0.2, 0.25) is 0 Å². The fourth-order valence-electron chi connectivity index (χ4n) is 4.47. The molecule has 0 heterocycles. The zero-order valence-electron chi connectivity index (χ0n) is 14.5. The van der Waals surface area contributed by atoms with E-state index >= 15 is 0 Å². The molecule has 2 N–H and O–H groups in total. The molecule has 3 nitrogen and oxygen atoms in total. The fraction of sp³-hybridized carbons (Fsp3) is 0.571. The molecule has 1 aromatic carbocycles. The Morgan fingerprint density at radius 2 is 1.96 bits per heavy atom. The van der Waals surface area contributed by atoms with Crippen molar-refractivity contribution in [3.63, 3.8) is 0 Å². The van der Waals surface area contributed by atoms with E-state index in [4.69, 9.17) is 10.5 Å². The molecule has 130 valence electrons. The van der Waals surface area contributed by atoms with E-state index in [-0.39, 0.29) is 12.1 Å². The highest BCUT2D eigenvalue weighted by Crippen LogP contribution is 2.44. The summed E-state index contributed by atoms with van der Waals surface area (Å²) in [4.78, 5) is 13.2. The molecule has 0 spiro atoms. The van der Waals surface area contributed by atoms with Crippen LogP contribution in [0.15, 0.2) is 43.0 Å². The molecule has 2 unspecified atom stereocenters. The number of rotatable bonds is 6. The van der Waals surface area contributed by atoms with E-state index in [0.717, 1.165) is 44.1 Å². The Morgan fingerprint density at radius 3 is 2.58 bits per heavy atom. The third-order valence-electron chi connectivity index (χ3n) is 6.02. The van der Waals surface area contributed by atoms with E-state index in [1.807, 2.05) is 24.3 Å². The molecule has 2 aliphatic rings. The normalized spacial score (nSPS) is 28.6. The van der Waals surface area contributed by atoms with Crippen molar-refractivity contribution in [1.29, 1.82) is 0 Å². The SMILES string of the molecule is C=CC1C[C@H](OC(=O)C2(c3ccccc3)CCCCC2)C1CCN. The molecule has 2 fully saturated rings. The average molecular weight is 327 g/mol. The van der Waals surface area contributed by atoms with Crippen LogP contribution in [-0.2, 0) is 14.9 Å². The van der Waals surface area contributed by atoms with Crippen molar-refractivity contribution in [2.75, 3.05) is 6.54 Å². The number of hydrogen-bond acceptors (Lipinski definition) is 3. The van der Waals surface area contributed by atoms with Crippen LogP contribution in [0.4, 0.5) is 0 Å². The van der Waals surface area contributed by atoms with Gasteiger partial charge in [-0.2, -0.15) is 0 Å². The molecular formula is C21H29NO2. The van der Waals surface area contributed by atoms with E-state index < -0.39 is 5.41 Å². The molecule has 3 heteroatoms. The van der Waals surface area contributed by atoms with Crippen molar-refractivity contribution in [2.24, 2.45) is 17.6 Å². The van der Waals surface area contributed by atoms with Gasteiger partial charge >= 0.3 is 5.97 Å². The minimum absolute atomic E-state index is 0.00608. The van der Waals surface area contributed by atoms with Crippen molar-refractivity contribution >= 4 is 5.97 Å². The summed E-state index contributed by atoms with van der Waals surface area (Å²) in [5.41, 5.74) is 6.40. The maximum atomic E-state index is 13.2. The molecule has 3 rings (SSSR count). The first-order valence-electron chi connectivity index (χ1n) is 9.30. The first kappa shape index (κ1) is 17.2. The maximum Gasteiger partial charge on any atom is 0.316 e. The molecule has 0 saturated heterocycles. The fourth-order valence-corrected chi connectivity index (χ4v) is 4.47. The molecular weight excluding hydrogens is 298 g/mol. The largest absolute Gasteiger partial charge is 0.461 e. The molecule has 0 bridgehead atoms. The molecule has 24 heavy (non-hydrogen) atoms. The van der Waals surface area contributed by atoms with Crippen molar-refractivity contribution in [1.82, 2.24) is 0 Å². The topological polar surface area (TPSA) is 52.3 Å². The molecule has 0 aliphatic heterocycles. The molecule has 3 atom stereocenters. The number of ether oxygens (including phenoxy) is 1. The summed E-state index contributed by atoms with van der Waals surface area (Å²) in [5, 5.41) is 0.